The minimum Gasteiger partial charge on any atom is -0.324 e. The van der Waals surface area contributed by atoms with Crippen molar-refractivity contribution in [3.05, 3.63) is 29.3 Å². The Balaban J connectivity index is 1.84. The fraction of sp³-hybridized carbons (Fsp3) is 0.462. The summed E-state index contributed by atoms with van der Waals surface area (Å²) in [5.41, 5.74) is 0.665. The molecule has 0 aliphatic carbocycles. The minimum atomic E-state index is -0.0729. The molecule has 1 fully saturated rings. The maximum atomic E-state index is 11.8. The van der Waals surface area contributed by atoms with E-state index in [-0.39, 0.29) is 11.4 Å². The number of benzene rings is 1. The van der Waals surface area contributed by atoms with E-state index in [0.717, 1.165) is 19.5 Å². The van der Waals surface area contributed by atoms with Gasteiger partial charge in [0.2, 0.25) is 5.91 Å². The number of hydrogen-bond donors (Lipinski definition) is 3. The molecule has 0 radical (unpaired) electrons. The molecule has 1 saturated heterocycles. The minimum absolute atomic E-state index is 0.0117. The predicted octanol–water partition coefficient (Wildman–Crippen LogP) is 1.62. The van der Waals surface area contributed by atoms with Gasteiger partial charge in [-0.15, -0.1) is 0 Å². The Labute approximate surface area is 112 Å². The van der Waals surface area contributed by atoms with Crippen molar-refractivity contribution in [1.29, 1.82) is 0 Å². The topological polar surface area (TPSA) is 53.2 Å². The van der Waals surface area contributed by atoms with Crippen molar-refractivity contribution in [2.45, 2.75) is 18.9 Å². The summed E-state index contributed by atoms with van der Waals surface area (Å²) in [4.78, 5) is 11.8. The molecule has 1 aliphatic heterocycles. The second kappa shape index (κ2) is 5.69. The quantitative estimate of drug-likeness (QED) is 0.777. The van der Waals surface area contributed by atoms with E-state index in [2.05, 4.69) is 22.9 Å². The van der Waals surface area contributed by atoms with Crippen LogP contribution in [0.5, 0.6) is 0 Å². The average Bonchev–Trinajstić information content (AvgIpc) is 2.77. The SMILES string of the molecule is CC1(NCC(=O)Nc2ccccc2Cl)CCNC1. The number of anilines is 1. The molecule has 1 aliphatic rings. The number of para-hydroxylation sites is 1. The molecule has 1 heterocycles. The number of nitrogens with one attached hydrogen (secondary N) is 3. The van der Waals surface area contributed by atoms with Crippen molar-refractivity contribution in [1.82, 2.24) is 10.6 Å². The standard InChI is InChI=1S/C13H18ClN3O/c1-13(6-7-15-9-13)16-8-12(18)17-11-5-3-2-4-10(11)14/h2-5,15-16H,6-9H2,1H3,(H,17,18). The van der Waals surface area contributed by atoms with Gasteiger partial charge in [0.15, 0.2) is 0 Å². The van der Waals surface area contributed by atoms with E-state index in [9.17, 15) is 4.79 Å². The molecule has 1 amide bonds. The number of amides is 1. The Hall–Kier alpha value is -1.10. The zero-order valence-corrected chi connectivity index (χ0v) is 11.2. The molecule has 1 aromatic carbocycles. The lowest BCUT2D eigenvalue weighted by atomic mass is 10.0. The van der Waals surface area contributed by atoms with Crippen molar-refractivity contribution in [3.63, 3.8) is 0 Å². The van der Waals surface area contributed by atoms with Crippen LogP contribution in [0.2, 0.25) is 5.02 Å². The first kappa shape index (κ1) is 13.3. The molecule has 0 aromatic heterocycles. The van der Waals surface area contributed by atoms with Crippen LogP contribution in [0, 0.1) is 0 Å². The maximum absolute atomic E-state index is 11.8. The van der Waals surface area contributed by atoms with Gasteiger partial charge in [-0.25, -0.2) is 0 Å². The molecule has 1 aromatic rings. The van der Waals surface area contributed by atoms with Gasteiger partial charge >= 0.3 is 0 Å². The van der Waals surface area contributed by atoms with Gasteiger partial charge in [-0.3, -0.25) is 4.79 Å². The molecule has 4 nitrogen and oxygen atoms in total. The molecule has 0 bridgehead atoms. The third kappa shape index (κ3) is 3.45. The van der Waals surface area contributed by atoms with E-state index in [0.29, 0.717) is 17.3 Å². The normalized spacial score (nSPS) is 23.0. The number of halogens is 1. The zero-order chi connectivity index (χ0) is 13.0. The second-order valence-electron chi connectivity index (χ2n) is 4.87. The summed E-state index contributed by atoms with van der Waals surface area (Å²) in [6.45, 7) is 4.31. The highest BCUT2D eigenvalue weighted by Crippen LogP contribution is 2.20. The summed E-state index contributed by atoms with van der Waals surface area (Å²) in [7, 11) is 0. The first-order chi connectivity index (χ1) is 8.59. The Kier molecular flexibility index (Phi) is 4.22. The smallest absolute Gasteiger partial charge is 0.238 e. The van der Waals surface area contributed by atoms with E-state index >= 15 is 0 Å². The van der Waals surface area contributed by atoms with E-state index in [4.69, 9.17) is 11.6 Å². The Morgan fingerprint density at radius 2 is 2.28 bits per heavy atom. The summed E-state index contributed by atoms with van der Waals surface area (Å²) < 4.78 is 0. The lowest BCUT2D eigenvalue weighted by Crippen LogP contribution is -2.47. The van der Waals surface area contributed by atoms with Crippen LogP contribution in [0.4, 0.5) is 5.69 Å². The van der Waals surface area contributed by atoms with E-state index < -0.39 is 0 Å². The molecule has 18 heavy (non-hydrogen) atoms. The van der Waals surface area contributed by atoms with Crippen LogP contribution in [0.3, 0.4) is 0 Å². The molecule has 0 spiro atoms. The lowest BCUT2D eigenvalue weighted by molar-refractivity contribution is -0.115. The van der Waals surface area contributed by atoms with Crippen LogP contribution in [-0.2, 0) is 4.79 Å². The number of carbonyl (C=O) groups excluding carboxylic acids is 1. The molecule has 3 N–H and O–H groups in total. The average molecular weight is 268 g/mol. The van der Waals surface area contributed by atoms with E-state index in [1.165, 1.54) is 0 Å². The summed E-state index contributed by atoms with van der Waals surface area (Å²) in [5, 5.41) is 9.91. The summed E-state index contributed by atoms with van der Waals surface area (Å²) in [6.07, 6.45) is 1.03. The van der Waals surface area contributed by atoms with Crippen molar-refractivity contribution in [3.8, 4) is 0 Å². The third-order valence-corrected chi connectivity index (χ3v) is 3.52. The highest BCUT2D eigenvalue weighted by atomic mass is 35.5. The maximum Gasteiger partial charge on any atom is 0.238 e. The largest absolute Gasteiger partial charge is 0.324 e. The molecule has 0 saturated carbocycles. The first-order valence-electron chi connectivity index (χ1n) is 6.09. The van der Waals surface area contributed by atoms with E-state index in [1.54, 1.807) is 12.1 Å². The highest BCUT2D eigenvalue weighted by molar-refractivity contribution is 6.33. The Morgan fingerprint density at radius 1 is 1.50 bits per heavy atom. The molecular formula is C13H18ClN3O. The Morgan fingerprint density at radius 3 is 2.94 bits per heavy atom. The van der Waals surface area contributed by atoms with Crippen LogP contribution in [0.15, 0.2) is 24.3 Å². The number of hydrogen-bond acceptors (Lipinski definition) is 3. The molecule has 5 heteroatoms. The fourth-order valence-electron chi connectivity index (χ4n) is 2.02. The highest BCUT2D eigenvalue weighted by Gasteiger charge is 2.28. The van der Waals surface area contributed by atoms with Gasteiger partial charge in [0.1, 0.15) is 0 Å². The molecule has 2 rings (SSSR count). The van der Waals surface area contributed by atoms with Crippen molar-refractivity contribution in [2.75, 3.05) is 25.0 Å². The van der Waals surface area contributed by atoms with Crippen LogP contribution in [-0.4, -0.2) is 31.1 Å². The number of rotatable bonds is 4. The van der Waals surface area contributed by atoms with Gasteiger partial charge in [0.05, 0.1) is 17.3 Å². The number of carbonyl (C=O) groups is 1. The predicted molar refractivity (Wildman–Crippen MR) is 74.0 cm³/mol. The van der Waals surface area contributed by atoms with Gasteiger partial charge < -0.3 is 16.0 Å². The van der Waals surface area contributed by atoms with Gasteiger partial charge in [-0.05, 0) is 32.0 Å². The zero-order valence-electron chi connectivity index (χ0n) is 10.4. The second-order valence-corrected chi connectivity index (χ2v) is 5.28. The van der Waals surface area contributed by atoms with Crippen molar-refractivity contribution >= 4 is 23.2 Å². The van der Waals surface area contributed by atoms with Crippen LogP contribution >= 0.6 is 11.6 Å². The van der Waals surface area contributed by atoms with Gasteiger partial charge in [-0.2, -0.15) is 0 Å². The molecular weight excluding hydrogens is 250 g/mol. The van der Waals surface area contributed by atoms with Crippen molar-refractivity contribution in [2.24, 2.45) is 0 Å². The summed E-state index contributed by atoms with van der Waals surface area (Å²) >= 11 is 5.98. The van der Waals surface area contributed by atoms with Gasteiger partial charge in [0.25, 0.3) is 0 Å². The van der Waals surface area contributed by atoms with Gasteiger partial charge in [0, 0.05) is 12.1 Å². The van der Waals surface area contributed by atoms with Crippen LogP contribution in [0.25, 0.3) is 0 Å². The van der Waals surface area contributed by atoms with Crippen LogP contribution < -0.4 is 16.0 Å². The first-order valence-corrected chi connectivity index (χ1v) is 6.47. The molecule has 1 atom stereocenters. The third-order valence-electron chi connectivity index (χ3n) is 3.19. The molecule has 1 unspecified atom stereocenters. The Bertz CT molecular complexity index is 430. The van der Waals surface area contributed by atoms with E-state index in [1.807, 2.05) is 12.1 Å². The molecule has 98 valence electrons. The summed E-state index contributed by atoms with van der Waals surface area (Å²) in [5.74, 6) is -0.0729. The lowest BCUT2D eigenvalue weighted by Gasteiger charge is -2.24. The van der Waals surface area contributed by atoms with Crippen molar-refractivity contribution < 1.29 is 4.79 Å². The summed E-state index contributed by atoms with van der Waals surface area (Å²) in [6, 6.07) is 7.23. The van der Waals surface area contributed by atoms with Gasteiger partial charge in [-0.1, -0.05) is 23.7 Å². The van der Waals surface area contributed by atoms with Crippen LogP contribution in [0.1, 0.15) is 13.3 Å². The fourth-order valence-corrected chi connectivity index (χ4v) is 2.20. The monoisotopic (exact) mass is 267 g/mol.